The van der Waals surface area contributed by atoms with Gasteiger partial charge in [0.05, 0.1) is 21.7 Å². The molecular weight excluding hydrogens is 495 g/mol. The third kappa shape index (κ3) is 5.40. The van der Waals surface area contributed by atoms with E-state index in [1.54, 1.807) is 39.9 Å². The highest BCUT2D eigenvalue weighted by Crippen LogP contribution is 2.30. The molecule has 0 radical (unpaired) electrons. The maximum atomic E-state index is 13.4. The molecule has 1 aromatic heterocycles. The van der Waals surface area contributed by atoms with Crippen molar-refractivity contribution in [3.63, 3.8) is 0 Å². The van der Waals surface area contributed by atoms with E-state index in [1.165, 1.54) is 12.1 Å². The third-order valence-corrected chi connectivity index (χ3v) is 7.78. The van der Waals surface area contributed by atoms with Crippen molar-refractivity contribution in [2.24, 2.45) is 13.0 Å². The van der Waals surface area contributed by atoms with Crippen molar-refractivity contribution < 1.29 is 18.8 Å². The first-order valence-corrected chi connectivity index (χ1v) is 13.1. The van der Waals surface area contributed by atoms with Crippen LogP contribution in [0.5, 0.6) is 0 Å². The van der Waals surface area contributed by atoms with Crippen LogP contribution in [0.3, 0.4) is 0 Å². The minimum atomic E-state index is -0.680. The Hall–Kier alpha value is -3.23. The van der Waals surface area contributed by atoms with E-state index >= 15 is 0 Å². The van der Waals surface area contributed by atoms with E-state index in [2.05, 4.69) is 5.43 Å². The quantitative estimate of drug-likeness (QED) is 0.384. The Balaban J connectivity index is 1.31. The van der Waals surface area contributed by atoms with Crippen molar-refractivity contribution in [1.29, 1.82) is 0 Å². The lowest BCUT2D eigenvalue weighted by Crippen LogP contribution is -2.43. The predicted octanol–water partition coefficient (Wildman–Crippen LogP) is 4.38. The molecule has 2 saturated heterocycles. The summed E-state index contributed by atoms with van der Waals surface area (Å²) in [4.78, 5) is 40.9. The molecule has 0 unspecified atom stereocenters. The van der Waals surface area contributed by atoms with Crippen molar-refractivity contribution in [2.75, 3.05) is 26.2 Å². The number of aromatic nitrogens is 1. The van der Waals surface area contributed by atoms with Gasteiger partial charge in [0.15, 0.2) is 0 Å². The second-order valence-corrected chi connectivity index (χ2v) is 10.4. The first-order chi connectivity index (χ1) is 17.8. The van der Waals surface area contributed by atoms with E-state index < -0.39 is 11.7 Å². The summed E-state index contributed by atoms with van der Waals surface area (Å²) in [6.07, 6.45) is 6.11. The van der Waals surface area contributed by atoms with E-state index in [0.29, 0.717) is 40.5 Å². The van der Waals surface area contributed by atoms with Crippen molar-refractivity contribution in [3.8, 4) is 0 Å². The first kappa shape index (κ1) is 25.4. The number of rotatable bonds is 6. The van der Waals surface area contributed by atoms with Crippen LogP contribution in [0.1, 0.15) is 52.0 Å². The number of likely N-dealkylation sites (tertiary alicyclic amines) is 1. The summed E-state index contributed by atoms with van der Waals surface area (Å²) < 4.78 is 14.9. The summed E-state index contributed by atoms with van der Waals surface area (Å²) in [6, 6.07) is 9.90. The Morgan fingerprint density at radius 2 is 1.68 bits per heavy atom. The molecular formula is C28H30ClFN4O3. The van der Waals surface area contributed by atoms with Crippen LogP contribution in [0.4, 0.5) is 4.39 Å². The molecule has 0 atom stereocenters. The zero-order valence-electron chi connectivity index (χ0n) is 20.8. The normalized spacial score (nSPS) is 16.9. The fourth-order valence-corrected chi connectivity index (χ4v) is 5.60. The van der Waals surface area contributed by atoms with E-state index in [4.69, 9.17) is 11.6 Å². The molecule has 3 heterocycles. The number of hydrogen-bond donors (Lipinski definition) is 1. The molecule has 9 heteroatoms. The number of nitrogens with one attached hydrogen (secondary N) is 1. The van der Waals surface area contributed by atoms with Gasteiger partial charge in [-0.15, -0.1) is 0 Å². The number of piperidine rings is 1. The molecule has 2 aliphatic heterocycles. The van der Waals surface area contributed by atoms with Crippen LogP contribution in [0.15, 0.2) is 42.6 Å². The molecule has 0 saturated carbocycles. The van der Waals surface area contributed by atoms with Gasteiger partial charge < -0.3 is 9.47 Å². The van der Waals surface area contributed by atoms with Gasteiger partial charge in [0, 0.05) is 44.8 Å². The number of amides is 2. The van der Waals surface area contributed by atoms with Crippen LogP contribution in [-0.2, 0) is 18.3 Å². The molecule has 0 spiro atoms. The molecule has 2 aromatic carbocycles. The topological polar surface area (TPSA) is 74.6 Å². The third-order valence-electron chi connectivity index (χ3n) is 7.46. The van der Waals surface area contributed by atoms with Gasteiger partial charge in [-0.1, -0.05) is 23.7 Å². The number of carbonyl (C=O) groups is 3. The van der Waals surface area contributed by atoms with E-state index in [1.807, 2.05) is 12.1 Å². The fourth-order valence-electron chi connectivity index (χ4n) is 5.36. The summed E-state index contributed by atoms with van der Waals surface area (Å²) >= 11 is 6.54. The largest absolute Gasteiger partial charge is 0.350 e. The Morgan fingerprint density at radius 3 is 2.35 bits per heavy atom. The maximum absolute atomic E-state index is 13.4. The van der Waals surface area contributed by atoms with Gasteiger partial charge in [-0.05, 0) is 67.9 Å². The number of hydrazine groups is 1. The minimum Gasteiger partial charge on any atom is -0.350 e. The molecule has 2 amide bonds. The van der Waals surface area contributed by atoms with Gasteiger partial charge in [-0.2, -0.15) is 0 Å². The number of aryl methyl sites for hydroxylation is 1. The van der Waals surface area contributed by atoms with Gasteiger partial charge in [0.1, 0.15) is 5.82 Å². The van der Waals surface area contributed by atoms with Gasteiger partial charge >= 0.3 is 5.91 Å². The maximum Gasteiger partial charge on any atom is 0.306 e. The molecule has 37 heavy (non-hydrogen) atoms. The number of nitrogens with zero attached hydrogens (tertiary/aromatic N) is 3. The number of ketones is 1. The summed E-state index contributed by atoms with van der Waals surface area (Å²) in [5.41, 5.74) is 5.03. The van der Waals surface area contributed by atoms with Crippen molar-refractivity contribution in [3.05, 3.63) is 70.1 Å². The van der Waals surface area contributed by atoms with Gasteiger partial charge in [0.25, 0.3) is 11.7 Å². The predicted molar refractivity (Wildman–Crippen MR) is 140 cm³/mol. The summed E-state index contributed by atoms with van der Waals surface area (Å²) in [5.74, 6) is -1.33. The average Bonchev–Trinajstić information content (AvgIpc) is 3.52. The number of hydrogen-bond acceptors (Lipinski definition) is 4. The van der Waals surface area contributed by atoms with E-state index in [9.17, 15) is 18.8 Å². The second kappa shape index (κ2) is 10.6. The highest BCUT2D eigenvalue weighted by molar-refractivity contribution is 6.45. The van der Waals surface area contributed by atoms with E-state index in [-0.39, 0.29) is 17.3 Å². The van der Waals surface area contributed by atoms with Crippen LogP contribution in [-0.4, -0.2) is 58.3 Å². The Labute approximate surface area is 220 Å². The number of fused-ring (bicyclic) bond motifs is 1. The smallest absolute Gasteiger partial charge is 0.306 e. The van der Waals surface area contributed by atoms with Crippen LogP contribution < -0.4 is 5.43 Å². The molecule has 0 aliphatic carbocycles. The lowest BCUT2D eigenvalue weighted by atomic mass is 9.90. The van der Waals surface area contributed by atoms with E-state index in [0.717, 1.165) is 50.8 Å². The van der Waals surface area contributed by atoms with Crippen molar-refractivity contribution in [1.82, 2.24) is 19.9 Å². The minimum absolute atomic E-state index is 0.184. The lowest BCUT2D eigenvalue weighted by molar-refractivity contribution is -0.121. The fraction of sp³-hybridized carbons (Fsp3) is 0.393. The average molecular weight is 525 g/mol. The zero-order valence-corrected chi connectivity index (χ0v) is 21.6. The number of carbonyl (C=O) groups excluding carboxylic acids is 3. The summed E-state index contributed by atoms with van der Waals surface area (Å²) in [5, 5.41) is 2.60. The Kier molecular flexibility index (Phi) is 7.31. The molecule has 194 valence electrons. The van der Waals surface area contributed by atoms with Crippen molar-refractivity contribution >= 4 is 40.1 Å². The standard InChI is InChI=1S/C28H30ClFN4O3/c1-32-17-23(26(35)27(36)31-34-10-2-3-11-34)21-15-22(24(29)16-25(21)32)28(37)33-12-8-19(9-13-33)14-18-4-6-20(30)7-5-18/h4-7,15-17,19H,2-3,8-14H2,1H3,(H,31,36). The monoisotopic (exact) mass is 524 g/mol. The second-order valence-electron chi connectivity index (χ2n) is 10.0. The van der Waals surface area contributed by atoms with Gasteiger partial charge in [-0.3, -0.25) is 19.8 Å². The molecule has 5 rings (SSSR count). The van der Waals surface area contributed by atoms with Gasteiger partial charge in [0.2, 0.25) is 0 Å². The molecule has 2 aliphatic rings. The highest BCUT2D eigenvalue weighted by Gasteiger charge is 2.28. The van der Waals surface area contributed by atoms with Crippen LogP contribution in [0.25, 0.3) is 10.9 Å². The number of benzene rings is 2. The molecule has 0 bridgehead atoms. The van der Waals surface area contributed by atoms with Crippen molar-refractivity contribution in [2.45, 2.75) is 32.1 Å². The summed E-state index contributed by atoms with van der Waals surface area (Å²) in [6.45, 7) is 2.64. The molecule has 7 nitrogen and oxygen atoms in total. The lowest BCUT2D eigenvalue weighted by Gasteiger charge is -2.32. The zero-order chi connectivity index (χ0) is 26.1. The van der Waals surface area contributed by atoms with Crippen LogP contribution in [0.2, 0.25) is 5.02 Å². The number of halogens is 2. The highest BCUT2D eigenvalue weighted by atomic mass is 35.5. The number of Topliss-reactive ketones (excluding diaryl/α,β-unsaturated/α-hetero) is 1. The Morgan fingerprint density at radius 1 is 1.00 bits per heavy atom. The molecule has 1 N–H and O–H groups in total. The van der Waals surface area contributed by atoms with Gasteiger partial charge in [-0.25, -0.2) is 9.40 Å². The SMILES string of the molecule is Cn1cc(C(=O)C(=O)NN2CCCC2)c2cc(C(=O)N3CCC(Cc4ccc(F)cc4)CC3)c(Cl)cc21. The molecule has 3 aromatic rings. The van der Waals surface area contributed by atoms with Crippen LogP contribution in [0, 0.1) is 11.7 Å². The van der Waals surface area contributed by atoms with Crippen LogP contribution >= 0.6 is 11.6 Å². The first-order valence-electron chi connectivity index (χ1n) is 12.7. The Bertz CT molecular complexity index is 1340. The summed E-state index contributed by atoms with van der Waals surface area (Å²) in [7, 11) is 1.78. The molecule has 2 fully saturated rings.